The molecule has 0 bridgehead atoms. The molecule has 2 N–H and O–H groups in total. The lowest BCUT2D eigenvalue weighted by atomic mass is 10.1. The molecule has 1 fully saturated rings. The van der Waals surface area contributed by atoms with E-state index in [9.17, 15) is 4.79 Å². The highest BCUT2D eigenvalue weighted by Crippen LogP contribution is 2.06. The number of rotatable bonds is 1. The quantitative estimate of drug-likeness (QED) is 0.534. The number of pyridine rings is 1. The van der Waals surface area contributed by atoms with Crippen LogP contribution in [0.4, 0.5) is 0 Å². The van der Waals surface area contributed by atoms with Gasteiger partial charge in [0, 0.05) is 25.2 Å². The van der Waals surface area contributed by atoms with Crippen LogP contribution in [0.1, 0.15) is 18.4 Å². The third-order valence-electron chi connectivity index (χ3n) is 3.21. The van der Waals surface area contributed by atoms with Gasteiger partial charge in [0.05, 0.1) is 12.1 Å². The van der Waals surface area contributed by atoms with Gasteiger partial charge < -0.3 is 12.4 Å². The minimum atomic E-state index is 0. The van der Waals surface area contributed by atoms with Crippen LogP contribution in [0.25, 0.3) is 0 Å². The van der Waals surface area contributed by atoms with Gasteiger partial charge in [-0.3, -0.25) is 14.7 Å². The second kappa shape index (κ2) is 4.81. The Kier molecular flexibility index (Phi) is 3.40. The van der Waals surface area contributed by atoms with E-state index in [1.165, 1.54) is 4.90 Å². The summed E-state index contributed by atoms with van der Waals surface area (Å²) in [4.78, 5) is 16.8. The Morgan fingerprint density at radius 3 is 2.88 bits per heavy atom. The maximum Gasteiger partial charge on any atom is 0.298 e. The first-order valence-corrected chi connectivity index (χ1v) is 5.50. The van der Waals surface area contributed by atoms with Gasteiger partial charge in [0.2, 0.25) is 0 Å². The number of fused-ring (bicyclic) bond motifs is 1. The predicted octanol–water partition coefficient (Wildman–Crippen LogP) is -4.08. The summed E-state index contributed by atoms with van der Waals surface area (Å²) in [6.45, 7) is 0.985. The zero-order valence-electron chi connectivity index (χ0n) is 9.19. The zero-order chi connectivity index (χ0) is 11.0. The van der Waals surface area contributed by atoms with Gasteiger partial charge in [-0.05, 0) is 12.1 Å². The van der Waals surface area contributed by atoms with Crippen molar-refractivity contribution in [1.29, 1.82) is 0 Å². The van der Waals surface area contributed by atoms with Gasteiger partial charge >= 0.3 is 0 Å². The van der Waals surface area contributed by atoms with Crippen molar-refractivity contribution in [1.82, 2.24) is 10.4 Å². The van der Waals surface area contributed by atoms with Crippen molar-refractivity contribution < 1.29 is 22.1 Å². The number of hydrogen-bond donors (Lipinski definition) is 2. The molecule has 17 heavy (non-hydrogen) atoms. The monoisotopic (exact) mass is 252 g/mol. The summed E-state index contributed by atoms with van der Waals surface area (Å²) in [7, 11) is 0. The first kappa shape index (κ1) is 12.0. The van der Waals surface area contributed by atoms with Gasteiger partial charge in [0.15, 0.2) is 6.04 Å². The average molecular weight is 253 g/mol. The average Bonchev–Trinajstić information content (AvgIpc) is 2.81. The van der Waals surface area contributed by atoms with Crippen LogP contribution in [0.3, 0.4) is 0 Å². The largest absolute Gasteiger partial charge is 1.00 e. The predicted molar refractivity (Wildman–Crippen MR) is 57.8 cm³/mol. The van der Waals surface area contributed by atoms with Crippen LogP contribution in [0.2, 0.25) is 0 Å². The number of quaternary nitrogens is 1. The molecule has 0 aliphatic carbocycles. The van der Waals surface area contributed by atoms with E-state index >= 15 is 0 Å². The van der Waals surface area contributed by atoms with Crippen LogP contribution in [0.15, 0.2) is 29.6 Å². The number of amides is 1. The molecular weight excluding hydrogens is 240 g/mol. The number of nitrogens with one attached hydrogen (secondary N) is 2. The van der Waals surface area contributed by atoms with Crippen molar-refractivity contribution in [3.05, 3.63) is 30.1 Å². The van der Waals surface area contributed by atoms with Gasteiger partial charge in [-0.1, -0.05) is 0 Å². The first-order valence-electron chi connectivity index (χ1n) is 5.50. The molecule has 1 saturated heterocycles. The van der Waals surface area contributed by atoms with E-state index in [-0.39, 0.29) is 24.4 Å². The van der Waals surface area contributed by atoms with Crippen molar-refractivity contribution in [2.24, 2.45) is 5.10 Å². The Hall–Kier alpha value is -1.46. The summed E-state index contributed by atoms with van der Waals surface area (Å²) >= 11 is 0. The lowest BCUT2D eigenvalue weighted by molar-refractivity contribution is -0.810. The van der Waals surface area contributed by atoms with Crippen LogP contribution >= 0.6 is 0 Å². The van der Waals surface area contributed by atoms with Crippen LogP contribution in [0, 0.1) is 0 Å². The molecule has 0 aromatic carbocycles. The van der Waals surface area contributed by atoms with E-state index in [2.05, 4.69) is 15.5 Å². The molecule has 1 aromatic rings. The smallest absolute Gasteiger partial charge is 0.298 e. The van der Waals surface area contributed by atoms with E-state index in [0.717, 1.165) is 30.8 Å². The highest BCUT2D eigenvalue weighted by Gasteiger charge is 2.41. The Labute approximate surface area is 105 Å². The highest BCUT2D eigenvalue weighted by atomic mass is 35.5. The number of carbonyl (C=O) groups is 1. The second-order valence-corrected chi connectivity index (χ2v) is 4.14. The molecule has 0 saturated carbocycles. The molecule has 3 heterocycles. The minimum absolute atomic E-state index is 0. The maximum absolute atomic E-state index is 11.6. The fourth-order valence-electron chi connectivity index (χ4n) is 2.44. The molecule has 2 aliphatic rings. The van der Waals surface area contributed by atoms with Crippen LogP contribution < -0.4 is 22.7 Å². The van der Waals surface area contributed by atoms with Crippen molar-refractivity contribution in [2.75, 3.05) is 6.54 Å². The molecule has 1 amide bonds. The molecule has 1 aromatic heterocycles. The van der Waals surface area contributed by atoms with E-state index < -0.39 is 0 Å². The summed E-state index contributed by atoms with van der Waals surface area (Å²) < 4.78 is 0. The highest BCUT2D eigenvalue weighted by molar-refractivity contribution is 5.96. The summed E-state index contributed by atoms with van der Waals surface area (Å²) in [6.07, 6.45) is 5.53. The Morgan fingerprint density at radius 2 is 2.12 bits per heavy atom. The standard InChI is InChI=1S/C11H12N4O.ClH/c16-11-9-2-1-7-15(9)10(13-14-11)8-3-5-12-6-4-8;/h3-6,9H,1-2,7H2,(H,14,16);1H. The van der Waals surface area contributed by atoms with Gasteiger partial charge in [-0.15, -0.1) is 5.10 Å². The molecule has 0 spiro atoms. The lowest BCUT2D eigenvalue weighted by Gasteiger charge is -2.24. The van der Waals surface area contributed by atoms with Gasteiger partial charge in [-0.25, -0.2) is 5.43 Å². The molecule has 2 unspecified atom stereocenters. The van der Waals surface area contributed by atoms with Crippen molar-refractivity contribution in [3.8, 4) is 0 Å². The summed E-state index contributed by atoms with van der Waals surface area (Å²) in [6, 6.07) is 3.90. The number of carbonyl (C=O) groups excluding carboxylic acids is 1. The normalized spacial score (nSPS) is 26.6. The van der Waals surface area contributed by atoms with Crippen LogP contribution in [-0.2, 0) is 4.79 Å². The van der Waals surface area contributed by atoms with Crippen molar-refractivity contribution in [2.45, 2.75) is 18.9 Å². The number of aromatic nitrogens is 1. The summed E-state index contributed by atoms with van der Waals surface area (Å²) in [5.74, 6) is 0.981. The van der Waals surface area contributed by atoms with E-state index in [0.29, 0.717) is 0 Å². The zero-order valence-corrected chi connectivity index (χ0v) is 9.94. The number of halogens is 1. The van der Waals surface area contributed by atoms with Gasteiger partial charge in [0.25, 0.3) is 11.7 Å². The van der Waals surface area contributed by atoms with Gasteiger partial charge in [0.1, 0.15) is 0 Å². The molecule has 5 nitrogen and oxygen atoms in total. The number of hydrazone groups is 1. The van der Waals surface area contributed by atoms with Crippen LogP contribution in [0.5, 0.6) is 0 Å². The number of amidine groups is 1. The number of hydrogen-bond acceptors (Lipinski definition) is 3. The third kappa shape index (κ3) is 2.03. The molecule has 3 rings (SSSR count). The summed E-state index contributed by atoms with van der Waals surface area (Å²) in [5.41, 5.74) is 3.65. The van der Waals surface area contributed by atoms with E-state index in [4.69, 9.17) is 0 Å². The van der Waals surface area contributed by atoms with E-state index in [1.807, 2.05) is 12.1 Å². The summed E-state index contributed by atoms with van der Waals surface area (Å²) in [5, 5.41) is 4.18. The molecule has 90 valence electrons. The minimum Gasteiger partial charge on any atom is -1.00 e. The Balaban J connectivity index is 0.00000108. The Bertz CT molecular complexity index is 448. The molecule has 6 heteroatoms. The Morgan fingerprint density at radius 1 is 1.35 bits per heavy atom. The molecule has 0 radical (unpaired) electrons. The van der Waals surface area contributed by atoms with Crippen molar-refractivity contribution >= 4 is 11.7 Å². The maximum atomic E-state index is 11.6. The van der Waals surface area contributed by atoms with Crippen LogP contribution in [-0.4, -0.2) is 29.3 Å². The number of nitrogens with zero attached hydrogens (tertiary/aromatic N) is 2. The second-order valence-electron chi connectivity index (χ2n) is 4.14. The van der Waals surface area contributed by atoms with Gasteiger partial charge in [-0.2, -0.15) is 0 Å². The SMILES string of the molecule is O=C1NN=C(c2ccncc2)[NH+]2CCCC12.[Cl-]. The fourth-order valence-corrected chi connectivity index (χ4v) is 2.44. The fraction of sp³-hybridized carbons (Fsp3) is 0.364. The van der Waals surface area contributed by atoms with E-state index in [1.54, 1.807) is 12.4 Å². The molecule has 2 aliphatic heterocycles. The molecular formula is C11H13ClN4O. The third-order valence-corrected chi connectivity index (χ3v) is 3.21. The first-order chi connectivity index (χ1) is 7.86. The topological polar surface area (TPSA) is 58.8 Å². The van der Waals surface area contributed by atoms with Crippen molar-refractivity contribution in [3.63, 3.8) is 0 Å². The molecule has 2 atom stereocenters. The lowest BCUT2D eigenvalue weighted by Crippen LogP contribution is -3.18.